The number of amides is 1. The van der Waals surface area contributed by atoms with Crippen LogP contribution in [0.2, 0.25) is 0 Å². The Labute approximate surface area is 129 Å². The largest absolute Gasteiger partial charge is 0.478 e. The Morgan fingerprint density at radius 2 is 1.76 bits per heavy atom. The molecule has 0 bridgehead atoms. The summed E-state index contributed by atoms with van der Waals surface area (Å²) in [5.74, 6) is -1.54. The van der Waals surface area contributed by atoms with Crippen molar-refractivity contribution < 1.29 is 19.8 Å². The normalized spacial score (nSPS) is 10.2. The Bertz CT molecular complexity index is 683. The van der Waals surface area contributed by atoms with Crippen LogP contribution in [0, 0.1) is 0 Å². The molecule has 0 unspecified atom stereocenters. The van der Waals surface area contributed by atoms with E-state index in [1.807, 2.05) is 0 Å². The summed E-state index contributed by atoms with van der Waals surface area (Å²) in [5.41, 5.74) is 1.31. The van der Waals surface area contributed by atoms with Gasteiger partial charge in [-0.3, -0.25) is 4.79 Å². The SMILES string of the molecule is O=C(Nc1ccc(Br)cc1C(=O)O)c1ccc(CO)cc1. The third kappa shape index (κ3) is 3.68. The second-order valence-electron chi connectivity index (χ2n) is 4.30. The molecule has 0 aliphatic carbocycles. The molecule has 2 rings (SSSR count). The summed E-state index contributed by atoms with van der Waals surface area (Å²) in [7, 11) is 0. The lowest BCUT2D eigenvalue weighted by molar-refractivity contribution is 0.0698. The van der Waals surface area contributed by atoms with Gasteiger partial charge in [-0.2, -0.15) is 0 Å². The Balaban J connectivity index is 2.24. The molecule has 0 aliphatic rings. The molecule has 0 aromatic heterocycles. The number of hydrogen-bond acceptors (Lipinski definition) is 3. The van der Waals surface area contributed by atoms with Gasteiger partial charge in [0, 0.05) is 10.0 Å². The minimum atomic E-state index is -1.12. The number of benzene rings is 2. The van der Waals surface area contributed by atoms with E-state index in [0.717, 1.165) is 0 Å². The van der Waals surface area contributed by atoms with Crippen molar-refractivity contribution in [3.05, 3.63) is 63.6 Å². The van der Waals surface area contributed by atoms with Gasteiger partial charge in [-0.25, -0.2) is 4.79 Å². The lowest BCUT2D eigenvalue weighted by Gasteiger charge is -2.09. The van der Waals surface area contributed by atoms with Crippen molar-refractivity contribution in [2.75, 3.05) is 5.32 Å². The van der Waals surface area contributed by atoms with Crippen LogP contribution in [0.4, 0.5) is 5.69 Å². The zero-order valence-electron chi connectivity index (χ0n) is 10.8. The van der Waals surface area contributed by atoms with Gasteiger partial charge in [-0.15, -0.1) is 0 Å². The van der Waals surface area contributed by atoms with E-state index in [9.17, 15) is 9.59 Å². The van der Waals surface area contributed by atoms with Crippen LogP contribution in [-0.4, -0.2) is 22.1 Å². The molecule has 1 amide bonds. The molecular weight excluding hydrogens is 338 g/mol. The summed E-state index contributed by atoms with van der Waals surface area (Å²) in [5, 5.41) is 20.7. The Kier molecular flexibility index (Phi) is 4.72. The molecule has 0 aliphatic heterocycles. The number of aliphatic hydroxyl groups is 1. The van der Waals surface area contributed by atoms with Crippen molar-refractivity contribution in [3.8, 4) is 0 Å². The first-order chi connectivity index (χ1) is 10.0. The highest BCUT2D eigenvalue weighted by atomic mass is 79.9. The number of carbonyl (C=O) groups is 2. The molecule has 2 aromatic rings. The lowest BCUT2D eigenvalue weighted by Crippen LogP contribution is -2.14. The van der Waals surface area contributed by atoms with Crippen molar-refractivity contribution in [1.82, 2.24) is 0 Å². The number of aliphatic hydroxyl groups excluding tert-OH is 1. The fourth-order valence-electron chi connectivity index (χ4n) is 1.76. The molecule has 6 heteroatoms. The maximum atomic E-state index is 12.1. The summed E-state index contributed by atoms with van der Waals surface area (Å²) in [6.07, 6.45) is 0. The van der Waals surface area contributed by atoms with E-state index in [1.54, 1.807) is 30.3 Å². The van der Waals surface area contributed by atoms with Gasteiger partial charge < -0.3 is 15.5 Å². The quantitative estimate of drug-likeness (QED) is 0.791. The molecule has 0 atom stereocenters. The summed E-state index contributed by atoms with van der Waals surface area (Å²) in [4.78, 5) is 23.3. The van der Waals surface area contributed by atoms with E-state index in [4.69, 9.17) is 10.2 Å². The first kappa shape index (κ1) is 15.2. The van der Waals surface area contributed by atoms with E-state index >= 15 is 0 Å². The molecule has 2 aromatic carbocycles. The molecule has 0 saturated heterocycles. The lowest BCUT2D eigenvalue weighted by atomic mass is 10.1. The molecule has 0 radical (unpaired) electrons. The fraction of sp³-hybridized carbons (Fsp3) is 0.0667. The zero-order chi connectivity index (χ0) is 15.4. The van der Waals surface area contributed by atoms with Gasteiger partial charge >= 0.3 is 5.97 Å². The monoisotopic (exact) mass is 349 g/mol. The Morgan fingerprint density at radius 3 is 2.33 bits per heavy atom. The van der Waals surface area contributed by atoms with Crippen molar-refractivity contribution in [1.29, 1.82) is 0 Å². The molecule has 0 spiro atoms. The Morgan fingerprint density at radius 1 is 1.10 bits per heavy atom. The molecular formula is C15H12BrNO4. The summed E-state index contributed by atoms with van der Waals surface area (Å²) < 4.78 is 0.616. The number of halogens is 1. The maximum absolute atomic E-state index is 12.1. The molecule has 0 heterocycles. The van der Waals surface area contributed by atoms with Crippen LogP contribution in [0.25, 0.3) is 0 Å². The van der Waals surface area contributed by atoms with E-state index in [2.05, 4.69) is 21.2 Å². The van der Waals surface area contributed by atoms with Crippen molar-refractivity contribution in [2.24, 2.45) is 0 Å². The molecule has 3 N–H and O–H groups in total. The number of aromatic carboxylic acids is 1. The van der Waals surface area contributed by atoms with Gasteiger partial charge in [-0.1, -0.05) is 28.1 Å². The first-order valence-corrected chi connectivity index (χ1v) is 6.84. The smallest absolute Gasteiger partial charge is 0.337 e. The van der Waals surface area contributed by atoms with Crippen LogP contribution in [0.1, 0.15) is 26.3 Å². The van der Waals surface area contributed by atoms with Gasteiger partial charge in [-0.05, 0) is 35.9 Å². The fourth-order valence-corrected chi connectivity index (χ4v) is 2.12. The van der Waals surface area contributed by atoms with Crippen LogP contribution in [0.15, 0.2) is 46.9 Å². The standard InChI is InChI=1S/C15H12BrNO4/c16-11-5-6-13(12(7-11)15(20)21)17-14(19)10-3-1-9(8-18)2-4-10/h1-7,18H,8H2,(H,17,19)(H,20,21). The third-order valence-corrected chi connectivity index (χ3v) is 3.35. The third-order valence-electron chi connectivity index (χ3n) is 2.86. The summed E-state index contributed by atoms with van der Waals surface area (Å²) >= 11 is 3.19. The number of nitrogens with one attached hydrogen (secondary N) is 1. The van der Waals surface area contributed by atoms with Gasteiger partial charge in [0.05, 0.1) is 17.9 Å². The van der Waals surface area contributed by atoms with Gasteiger partial charge in [0.25, 0.3) is 5.91 Å². The number of hydrogen-bond donors (Lipinski definition) is 3. The number of carboxylic acids is 1. The van der Waals surface area contributed by atoms with Gasteiger partial charge in [0.15, 0.2) is 0 Å². The van der Waals surface area contributed by atoms with Crippen molar-refractivity contribution in [3.63, 3.8) is 0 Å². The molecule has 108 valence electrons. The predicted molar refractivity (Wildman–Crippen MR) is 81.4 cm³/mol. The molecule has 21 heavy (non-hydrogen) atoms. The Hall–Kier alpha value is -2.18. The number of anilines is 1. The average Bonchev–Trinajstić information content (AvgIpc) is 2.49. The van der Waals surface area contributed by atoms with Crippen LogP contribution < -0.4 is 5.32 Å². The minimum Gasteiger partial charge on any atom is -0.478 e. The van der Waals surface area contributed by atoms with Crippen LogP contribution in [-0.2, 0) is 6.61 Å². The zero-order valence-corrected chi connectivity index (χ0v) is 12.4. The predicted octanol–water partition coefficient (Wildman–Crippen LogP) is 2.89. The maximum Gasteiger partial charge on any atom is 0.337 e. The highest BCUT2D eigenvalue weighted by Gasteiger charge is 2.14. The highest BCUT2D eigenvalue weighted by Crippen LogP contribution is 2.22. The topological polar surface area (TPSA) is 86.6 Å². The second-order valence-corrected chi connectivity index (χ2v) is 5.22. The van der Waals surface area contributed by atoms with Crippen LogP contribution in [0.5, 0.6) is 0 Å². The van der Waals surface area contributed by atoms with Gasteiger partial charge in [0.1, 0.15) is 0 Å². The molecule has 0 saturated carbocycles. The number of carboxylic acid groups (broad SMARTS) is 1. The summed E-state index contributed by atoms with van der Waals surface area (Å²) in [6, 6.07) is 11.0. The molecule has 0 fully saturated rings. The average molecular weight is 350 g/mol. The van der Waals surface area contributed by atoms with E-state index in [0.29, 0.717) is 15.6 Å². The van der Waals surface area contributed by atoms with E-state index in [1.165, 1.54) is 12.1 Å². The van der Waals surface area contributed by atoms with Crippen molar-refractivity contribution >= 4 is 33.5 Å². The van der Waals surface area contributed by atoms with E-state index in [-0.39, 0.29) is 17.9 Å². The van der Waals surface area contributed by atoms with Crippen LogP contribution >= 0.6 is 15.9 Å². The second kappa shape index (κ2) is 6.51. The van der Waals surface area contributed by atoms with Crippen molar-refractivity contribution in [2.45, 2.75) is 6.61 Å². The summed E-state index contributed by atoms with van der Waals surface area (Å²) in [6.45, 7) is -0.0994. The molecule has 5 nitrogen and oxygen atoms in total. The van der Waals surface area contributed by atoms with Crippen LogP contribution in [0.3, 0.4) is 0 Å². The number of carbonyl (C=O) groups excluding carboxylic acids is 1. The first-order valence-electron chi connectivity index (χ1n) is 6.05. The highest BCUT2D eigenvalue weighted by molar-refractivity contribution is 9.10. The van der Waals surface area contributed by atoms with E-state index < -0.39 is 11.9 Å². The van der Waals surface area contributed by atoms with Gasteiger partial charge in [0.2, 0.25) is 0 Å². The number of rotatable bonds is 4. The minimum absolute atomic E-state index is 0.00435.